The number of carbonyl (C=O) groups is 1. The van der Waals surface area contributed by atoms with E-state index < -0.39 is 23.2 Å². The van der Waals surface area contributed by atoms with Crippen LogP contribution in [0.1, 0.15) is 21.5 Å². The molecule has 0 saturated heterocycles. The van der Waals surface area contributed by atoms with Crippen molar-refractivity contribution in [3.8, 4) is 0 Å². The van der Waals surface area contributed by atoms with Gasteiger partial charge in [-0.15, -0.1) is 0 Å². The average Bonchev–Trinajstić information content (AvgIpc) is 2.38. The van der Waals surface area contributed by atoms with Crippen LogP contribution >= 0.6 is 11.6 Å². The molecule has 0 aliphatic carbocycles. The first-order valence-electron chi connectivity index (χ1n) is 5.82. The predicted molar refractivity (Wildman–Crippen MR) is 70.5 cm³/mol. The highest BCUT2D eigenvalue weighted by molar-refractivity contribution is 6.31. The molecule has 0 heterocycles. The topological polar surface area (TPSA) is 17.1 Å². The minimum atomic E-state index is -0.967. The summed E-state index contributed by atoms with van der Waals surface area (Å²) in [6.07, 6.45) is -0.381. The fourth-order valence-electron chi connectivity index (χ4n) is 1.83. The summed E-state index contributed by atoms with van der Waals surface area (Å²) >= 11 is 5.81. The monoisotopic (exact) mass is 298 g/mol. The summed E-state index contributed by atoms with van der Waals surface area (Å²) in [6.45, 7) is 1.42. The summed E-state index contributed by atoms with van der Waals surface area (Å²) in [5.41, 5.74) is -0.127. The molecular formula is C15H10ClF3O. The summed E-state index contributed by atoms with van der Waals surface area (Å²) < 4.78 is 40.3. The molecule has 0 saturated carbocycles. The van der Waals surface area contributed by atoms with Crippen LogP contribution in [0.2, 0.25) is 5.02 Å². The molecule has 2 aromatic rings. The fraction of sp³-hybridized carbons (Fsp3) is 0.133. The van der Waals surface area contributed by atoms with Crippen LogP contribution in [-0.4, -0.2) is 5.78 Å². The van der Waals surface area contributed by atoms with Crippen LogP contribution in [0.4, 0.5) is 13.2 Å². The van der Waals surface area contributed by atoms with Gasteiger partial charge in [-0.05, 0) is 30.7 Å². The van der Waals surface area contributed by atoms with Crippen LogP contribution in [0.3, 0.4) is 0 Å². The predicted octanol–water partition coefficient (Wildman–Crippen LogP) is 4.49. The Kier molecular flexibility index (Phi) is 4.14. The Morgan fingerprint density at radius 3 is 2.45 bits per heavy atom. The van der Waals surface area contributed by atoms with Crippen molar-refractivity contribution < 1.29 is 18.0 Å². The highest BCUT2D eigenvalue weighted by Crippen LogP contribution is 2.22. The highest BCUT2D eigenvalue weighted by atomic mass is 35.5. The molecule has 2 aromatic carbocycles. The van der Waals surface area contributed by atoms with Crippen molar-refractivity contribution in [2.75, 3.05) is 0 Å². The van der Waals surface area contributed by atoms with E-state index in [0.29, 0.717) is 6.07 Å². The second-order valence-corrected chi connectivity index (χ2v) is 4.79. The number of benzene rings is 2. The van der Waals surface area contributed by atoms with E-state index in [0.717, 1.165) is 6.07 Å². The summed E-state index contributed by atoms with van der Waals surface area (Å²) in [6, 6.07) is 5.78. The summed E-state index contributed by atoms with van der Waals surface area (Å²) in [5.74, 6) is -2.99. The van der Waals surface area contributed by atoms with Gasteiger partial charge in [-0.3, -0.25) is 4.79 Å². The van der Waals surface area contributed by atoms with Crippen LogP contribution in [0, 0.1) is 24.4 Å². The number of hydrogen-bond acceptors (Lipinski definition) is 1. The molecule has 0 fully saturated rings. The molecule has 0 spiro atoms. The lowest BCUT2D eigenvalue weighted by Crippen LogP contribution is -2.09. The van der Waals surface area contributed by atoms with Crippen LogP contribution < -0.4 is 0 Å². The number of hydrogen-bond donors (Lipinski definition) is 0. The van der Waals surface area contributed by atoms with Gasteiger partial charge in [-0.25, -0.2) is 13.2 Å². The van der Waals surface area contributed by atoms with Crippen molar-refractivity contribution in [3.05, 3.63) is 69.5 Å². The van der Waals surface area contributed by atoms with E-state index in [1.54, 1.807) is 0 Å². The third kappa shape index (κ3) is 2.85. The van der Waals surface area contributed by atoms with E-state index in [1.165, 1.54) is 25.1 Å². The first-order chi connectivity index (χ1) is 9.40. The number of carbonyl (C=O) groups excluding carboxylic acids is 1. The molecule has 0 aromatic heterocycles. The Morgan fingerprint density at radius 2 is 1.80 bits per heavy atom. The molecule has 0 unspecified atom stereocenters. The van der Waals surface area contributed by atoms with E-state index in [4.69, 9.17) is 11.6 Å². The molecule has 0 radical (unpaired) electrons. The van der Waals surface area contributed by atoms with Gasteiger partial charge < -0.3 is 0 Å². The Hall–Kier alpha value is -1.81. The van der Waals surface area contributed by atoms with Gasteiger partial charge in [0.1, 0.15) is 17.5 Å². The molecule has 20 heavy (non-hydrogen) atoms. The molecule has 104 valence electrons. The van der Waals surface area contributed by atoms with Crippen molar-refractivity contribution in [1.29, 1.82) is 0 Å². The minimum Gasteiger partial charge on any atom is -0.294 e. The maximum atomic E-state index is 13.6. The van der Waals surface area contributed by atoms with Crippen molar-refractivity contribution in [2.24, 2.45) is 0 Å². The van der Waals surface area contributed by atoms with E-state index in [-0.39, 0.29) is 28.1 Å². The summed E-state index contributed by atoms with van der Waals surface area (Å²) in [5, 5.41) is 0.0950. The zero-order valence-corrected chi connectivity index (χ0v) is 11.3. The lowest BCUT2D eigenvalue weighted by molar-refractivity contribution is 0.0988. The van der Waals surface area contributed by atoms with Crippen molar-refractivity contribution in [3.63, 3.8) is 0 Å². The standard InChI is InChI=1S/C15H10ClF3O/c1-8-5-10(14(19)7-13(8)18)15(20)6-9-11(16)3-2-4-12(9)17/h2-5,7H,6H2,1H3. The summed E-state index contributed by atoms with van der Waals surface area (Å²) in [7, 11) is 0. The molecule has 5 heteroatoms. The van der Waals surface area contributed by atoms with Crippen LogP contribution in [0.25, 0.3) is 0 Å². The largest absolute Gasteiger partial charge is 0.294 e. The highest BCUT2D eigenvalue weighted by Gasteiger charge is 2.18. The van der Waals surface area contributed by atoms with Crippen molar-refractivity contribution in [1.82, 2.24) is 0 Å². The molecule has 0 bridgehead atoms. The second kappa shape index (κ2) is 5.67. The molecule has 1 nitrogen and oxygen atoms in total. The number of Topliss-reactive ketones (excluding diaryl/α,β-unsaturated/α-hetero) is 1. The minimum absolute atomic E-state index is 0.000504. The Bertz CT molecular complexity index is 663. The van der Waals surface area contributed by atoms with E-state index in [1.807, 2.05) is 0 Å². The van der Waals surface area contributed by atoms with Crippen LogP contribution in [0.15, 0.2) is 30.3 Å². The molecule has 0 atom stereocenters. The van der Waals surface area contributed by atoms with Crippen LogP contribution in [-0.2, 0) is 6.42 Å². The molecule has 0 aliphatic heterocycles. The van der Waals surface area contributed by atoms with Gasteiger partial charge in [0.05, 0.1) is 5.56 Å². The number of rotatable bonds is 3. The molecule has 0 N–H and O–H groups in total. The third-order valence-electron chi connectivity index (χ3n) is 2.95. The Balaban J connectivity index is 2.36. The molecular weight excluding hydrogens is 289 g/mol. The Labute approximate surface area is 119 Å². The molecule has 0 amide bonds. The second-order valence-electron chi connectivity index (χ2n) is 4.38. The lowest BCUT2D eigenvalue weighted by Gasteiger charge is -2.07. The zero-order valence-electron chi connectivity index (χ0n) is 10.5. The quantitative estimate of drug-likeness (QED) is 0.763. The van der Waals surface area contributed by atoms with Gasteiger partial charge in [0.25, 0.3) is 0 Å². The van der Waals surface area contributed by atoms with E-state index in [2.05, 4.69) is 0 Å². The molecule has 2 rings (SSSR count). The maximum absolute atomic E-state index is 13.6. The van der Waals surface area contributed by atoms with Crippen molar-refractivity contribution in [2.45, 2.75) is 13.3 Å². The van der Waals surface area contributed by atoms with Gasteiger partial charge in [-0.2, -0.15) is 0 Å². The zero-order chi connectivity index (χ0) is 14.9. The average molecular weight is 299 g/mol. The first kappa shape index (κ1) is 14.6. The molecule has 0 aliphatic rings. The van der Waals surface area contributed by atoms with Gasteiger partial charge in [0.2, 0.25) is 0 Å². The van der Waals surface area contributed by atoms with Gasteiger partial charge in [0.15, 0.2) is 5.78 Å². The smallest absolute Gasteiger partial charge is 0.170 e. The maximum Gasteiger partial charge on any atom is 0.170 e. The van der Waals surface area contributed by atoms with Crippen LogP contribution in [0.5, 0.6) is 0 Å². The Morgan fingerprint density at radius 1 is 1.10 bits per heavy atom. The van der Waals surface area contributed by atoms with Gasteiger partial charge in [0, 0.05) is 23.1 Å². The third-order valence-corrected chi connectivity index (χ3v) is 3.30. The normalized spacial score (nSPS) is 10.7. The lowest BCUT2D eigenvalue weighted by atomic mass is 10.0. The summed E-state index contributed by atoms with van der Waals surface area (Å²) in [4.78, 5) is 12.0. The van der Waals surface area contributed by atoms with Gasteiger partial charge >= 0.3 is 0 Å². The number of aryl methyl sites for hydroxylation is 1. The number of ketones is 1. The van der Waals surface area contributed by atoms with E-state index >= 15 is 0 Å². The number of halogens is 4. The van der Waals surface area contributed by atoms with Gasteiger partial charge in [-0.1, -0.05) is 17.7 Å². The SMILES string of the molecule is Cc1cc(C(=O)Cc2c(F)cccc2Cl)c(F)cc1F. The van der Waals surface area contributed by atoms with Crippen molar-refractivity contribution >= 4 is 17.4 Å². The first-order valence-corrected chi connectivity index (χ1v) is 6.19. The van der Waals surface area contributed by atoms with E-state index in [9.17, 15) is 18.0 Å². The fourth-order valence-corrected chi connectivity index (χ4v) is 2.06.